The zero-order chi connectivity index (χ0) is 10.8. The van der Waals surface area contributed by atoms with E-state index in [1.807, 2.05) is 0 Å². The Morgan fingerprint density at radius 1 is 1.43 bits per heavy atom. The lowest BCUT2D eigenvalue weighted by atomic mass is 9.82. The van der Waals surface area contributed by atoms with Crippen LogP contribution >= 0.6 is 12.2 Å². The molecule has 0 aromatic rings. The van der Waals surface area contributed by atoms with E-state index in [-0.39, 0.29) is 0 Å². The lowest BCUT2D eigenvalue weighted by Gasteiger charge is -2.37. The van der Waals surface area contributed by atoms with Gasteiger partial charge in [-0.05, 0) is 31.3 Å². The fourth-order valence-electron chi connectivity index (χ4n) is 1.82. The molecule has 0 aliphatic carbocycles. The van der Waals surface area contributed by atoms with Crippen LogP contribution in [0.3, 0.4) is 0 Å². The molecule has 2 N–H and O–H groups in total. The summed E-state index contributed by atoms with van der Waals surface area (Å²) in [4.78, 5) is 3.13. The lowest BCUT2D eigenvalue weighted by molar-refractivity contribution is 0.127. The van der Waals surface area contributed by atoms with Crippen molar-refractivity contribution in [2.75, 3.05) is 19.6 Å². The van der Waals surface area contributed by atoms with Gasteiger partial charge in [0.2, 0.25) is 0 Å². The molecule has 1 aliphatic rings. The van der Waals surface area contributed by atoms with Gasteiger partial charge in [0.1, 0.15) is 0 Å². The van der Waals surface area contributed by atoms with Crippen molar-refractivity contribution in [3.63, 3.8) is 0 Å². The molecule has 0 amide bonds. The van der Waals surface area contributed by atoms with Crippen molar-refractivity contribution in [3.8, 4) is 0 Å². The first kappa shape index (κ1) is 11.9. The van der Waals surface area contributed by atoms with Crippen LogP contribution in [-0.4, -0.2) is 29.5 Å². The molecule has 82 valence electrons. The SMILES string of the molecule is CC(CN1CCC(C)(C)CC1)C(N)=S. The Balaban J connectivity index is 2.32. The molecule has 1 unspecified atom stereocenters. The molecule has 1 aliphatic heterocycles. The summed E-state index contributed by atoms with van der Waals surface area (Å²) in [5.41, 5.74) is 6.14. The molecule has 0 spiro atoms. The van der Waals surface area contributed by atoms with Gasteiger partial charge in [0, 0.05) is 12.5 Å². The van der Waals surface area contributed by atoms with Crippen LogP contribution in [0.2, 0.25) is 0 Å². The smallest absolute Gasteiger partial charge is 0.0768 e. The summed E-state index contributed by atoms with van der Waals surface area (Å²) in [6.07, 6.45) is 2.58. The fraction of sp³-hybridized carbons (Fsp3) is 0.909. The zero-order valence-electron chi connectivity index (χ0n) is 9.55. The van der Waals surface area contributed by atoms with Crippen LogP contribution in [0, 0.1) is 11.3 Å². The van der Waals surface area contributed by atoms with E-state index in [9.17, 15) is 0 Å². The third kappa shape index (κ3) is 3.54. The number of hydrogen-bond acceptors (Lipinski definition) is 2. The van der Waals surface area contributed by atoms with Gasteiger partial charge in [-0.3, -0.25) is 0 Å². The second kappa shape index (κ2) is 4.58. The van der Waals surface area contributed by atoms with Crippen molar-refractivity contribution in [1.29, 1.82) is 0 Å². The lowest BCUT2D eigenvalue weighted by Crippen LogP contribution is -2.41. The first-order chi connectivity index (χ1) is 6.41. The topological polar surface area (TPSA) is 29.3 Å². The van der Waals surface area contributed by atoms with Gasteiger partial charge in [-0.2, -0.15) is 0 Å². The monoisotopic (exact) mass is 214 g/mol. The molecule has 1 heterocycles. The Kier molecular flexibility index (Phi) is 3.90. The standard InChI is InChI=1S/C11H22N2S/c1-9(10(12)14)8-13-6-4-11(2,3)5-7-13/h9H,4-8H2,1-3H3,(H2,12,14). The molecular weight excluding hydrogens is 192 g/mol. The maximum atomic E-state index is 5.61. The van der Waals surface area contributed by atoms with Crippen molar-refractivity contribution in [2.24, 2.45) is 17.1 Å². The van der Waals surface area contributed by atoms with E-state index in [0.29, 0.717) is 16.3 Å². The van der Waals surface area contributed by atoms with Crippen molar-refractivity contribution in [2.45, 2.75) is 33.6 Å². The van der Waals surface area contributed by atoms with Crippen LogP contribution in [0.15, 0.2) is 0 Å². The van der Waals surface area contributed by atoms with Crippen LogP contribution in [0.5, 0.6) is 0 Å². The average Bonchev–Trinajstić information content (AvgIpc) is 2.08. The van der Waals surface area contributed by atoms with E-state index >= 15 is 0 Å². The van der Waals surface area contributed by atoms with Gasteiger partial charge in [-0.1, -0.05) is 33.0 Å². The first-order valence-electron chi connectivity index (χ1n) is 5.42. The van der Waals surface area contributed by atoms with Gasteiger partial charge in [0.25, 0.3) is 0 Å². The highest BCUT2D eigenvalue weighted by Crippen LogP contribution is 2.29. The van der Waals surface area contributed by atoms with Gasteiger partial charge < -0.3 is 10.6 Å². The van der Waals surface area contributed by atoms with Gasteiger partial charge in [-0.15, -0.1) is 0 Å². The number of nitrogens with zero attached hydrogens (tertiary/aromatic N) is 1. The molecule has 1 rings (SSSR count). The predicted octanol–water partition coefficient (Wildman–Crippen LogP) is 2.03. The summed E-state index contributed by atoms with van der Waals surface area (Å²) in [7, 11) is 0. The fourth-order valence-corrected chi connectivity index (χ4v) is 1.89. The Labute approximate surface area is 92.8 Å². The Morgan fingerprint density at radius 2 is 1.93 bits per heavy atom. The van der Waals surface area contributed by atoms with E-state index in [1.54, 1.807) is 0 Å². The summed E-state index contributed by atoms with van der Waals surface area (Å²) in [5, 5.41) is 0. The van der Waals surface area contributed by atoms with Crippen molar-refractivity contribution in [1.82, 2.24) is 4.90 Å². The Hall–Kier alpha value is -0.150. The van der Waals surface area contributed by atoms with Gasteiger partial charge >= 0.3 is 0 Å². The quantitative estimate of drug-likeness (QED) is 0.729. The van der Waals surface area contributed by atoms with Crippen LogP contribution in [0.4, 0.5) is 0 Å². The van der Waals surface area contributed by atoms with E-state index in [0.717, 1.165) is 6.54 Å². The second-order valence-corrected chi connectivity index (χ2v) is 5.74. The minimum absolute atomic E-state index is 0.353. The number of hydrogen-bond donors (Lipinski definition) is 1. The number of rotatable bonds is 3. The minimum atomic E-state index is 0.353. The van der Waals surface area contributed by atoms with Gasteiger partial charge in [-0.25, -0.2) is 0 Å². The average molecular weight is 214 g/mol. The molecule has 1 fully saturated rings. The second-order valence-electron chi connectivity index (χ2n) is 5.27. The third-order valence-electron chi connectivity index (χ3n) is 3.23. The van der Waals surface area contributed by atoms with Crippen LogP contribution in [-0.2, 0) is 0 Å². The van der Waals surface area contributed by atoms with E-state index in [2.05, 4.69) is 25.7 Å². The molecule has 0 aromatic carbocycles. The number of likely N-dealkylation sites (tertiary alicyclic amines) is 1. The largest absolute Gasteiger partial charge is 0.393 e. The summed E-state index contributed by atoms with van der Waals surface area (Å²) in [5.74, 6) is 0.353. The molecular formula is C11H22N2S. The molecule has 1 atom stereocenters. The summed E-state index contributed by atoms with van der Waals surface area (Å²) in [6, 6.07) is 0. The molecule has 0 aromatic heterocycles. The summed E-state index contributed by atoms with van der Waals surface area (Å²) < 4.78 is 0. The van der Waals surface area contributed by atoms with E-state index < -0.39 is 0 Å². The molecule has 0 bridgehead atoms. The summed E-state index contributed by atoms with van der Waals surface area (Å²) >= 11 is 4.98. The molecule has 3 heteroatoms. The maximum absolute atomic E-state index is 5.61. The summed E-state index contributed by atoms with van der Waals surface area (Å²) in [6.45, 7) is 10.2. The van der Waals surface area contributed by atoms with Crippen molar-refractivity contribution >= 4 is 17.2 Å². The highest BCUT2D eigenvalue weighted by atomic mass is 32.1. The number of thiocarbonyl (C=S) groups is 1. The van der Waals surface area contributed by atoms with E-state index in [4.69, 9.17) is 18.0 Å². The maximum Gasteiger partial charge on any atom is 0.0768 e. The van der Waals surface area contributed by atoms with Gasteiger partial charge in [0.05, 0.1) is 4.99 Å². The Bertz CT molecular complexity index is 203. The highest BCUT2D eigenvalue weighted by Gasteiger charge is 2.26. The van der Waals surface area contributed by atoms with Crippen molar-refractivity contribution in [3.05, 3.63) is 0 Å². The highest BCUT2D eigenvalue weighted by molar-refractivity contribution is 7.80. The molecule has 1 saturated heterocycles. The van der Waals surface area contributed by atoms with E-state index in [1.165, 1.54) is 25.9 Å². The third-order valence-corrected chi connectivity index (χ3v) is 3.63. The zero-order valence-corrected chi connectivity index (χ0v) is 10.4. The molecule has 0 saturated carbocycles. The minimum Gasteiger partial charge on any atom is -0.393 e. The molecule has 14 heavy (non-hydrogen) atoms. The Morgan fingerprint density at radius 3 is 2.36 bits per heavy atom. The first-order valence-corrected chi connectivity index (χ1v) is 5.83. The van der Waals surface area contributed by atoms with Gasteiger partial charge in [0.15, 0.2) is 0 Å². The molecule has 2 nitrogen and oxygen atoms in total. The normalized spacial score (nSPS) is 24.5. The number of nitrogens with two attached hydrogens (primary N) is 1. The van der Waals surface area contributed by atoms with Crippen LogP contribution in [0.1, 0.15) is 33.6 Å². The van der Waals surface area contributed by atoms with Crippen molar-refractivity contribution < 1.29 is 0 Å². The molecule has 0 radical (unpaired) electrons. The van der Waals surface area contributed by atoms with Crippen LogP contribution < -0.4 is 5.73 Å². The predicted molar refractivity (Wildman–Crippen MR) is 65.4 cm³/mol. The number of piperidine rings is 1. The van der Waals surface area contributed by atoms with Crippen LogP contribution in [0.25, 0.3) is 0 Å².